The lowest BCUT2D eigenvalue weighted by atomic mass is 10.2. The molecule has 1 aromatic carbocycles. The van der Waals surface area contributed by atoms with E-state index in [2.05, 4.69) is 0 Å². The zero-order valence-corrected chi connectivity index (χ0v) is 10.1. The maximum atomic E-state index is 13.1. The molecule has 2 nitrogen and oxygen atoms in total. The zero-order chi connectivity index (χ0) is 12.1. The van der Waals surface area contributed by atoms with Crippen molar-refractivity contribution in [3.63, 3.8) is 0 Å². The predicted octanol–water partition coefficient (Wildman–Crippen LogP) is 3.76. The Bertz CT molecular complexity index is 432. The highest BCUT2D eigenvalue weighted by Gasteiger charge is 2.10. The van der Waals surface area contributed by atoms with Crippen LogP contribution in [0.4, 0.5) is 4.39 Å². The first-order valence-corrected chi connectivity index (χ1v) is 5.88. The third kappa shape index (κ3) is 3.54. The second kappa shape index (κ2) is 5.92. The molecule has 0 fully saturated rings. The minimum absolute atomic E-state index is 0.308. The van der Waals surface area contributed by atoms with E-state index in [0.717, 1.165) is 11.6 Å². The van der Waals surface area contributed by atoms with Crippen LogP contribution in [-0.4, -0.2) is 16.8 Å². The normalized spacial score (nSPS) is 11.6. The maximum Gasteiger partial charge on any atom is 0.338 e. The molecule has 0 aliphatic rings. The molecule has 0 aromatic heterocycles. The number of hydrogen-bond acceptors (Lipinski definition) is 2. The molecular formula is C11H10ClFO2S. The molecule has 0 spiro atoms. The van der Waals surface area contributed by atoms with Gasteiger partial charge in [0.05, 0.1) is 5.56 Å². The molecule has 1 aromatic rings. The first kappa shape index (κ1) is 13.1. The van der Waals surface area contributed by atoms with Crippen LogP contribution in [0.3, 0.4) is 0 Å². The number of carbonyl (C=O) groups is 1. The van der Waals surface area contributed by atoms with E-state index in [9.17, 15) is 9.18 Å². The standard InChI is InChI=1S/C11H10ClFO2S/c1-7(5-12)6-16-8-2-3-10(13)9(4-8)11(14)15/h2-5H,6H2,1H3,(H,14,15)/b7-5-. The van der Waals surface area contributed by atoms with Crippen molar-refractivity contribution in [3.8, 4) is 0 Å². The van der Waals surface area contributed by atoms with Gasteiger partial charge in [-0.05, 0) is 25.1 Å². The molecular weight excluding hydrogens is 251 g/mol. The second-order valence-corrected chi connectivity index (χ2v) is 4.46. The van der Waals surface area contributed by atoms with Gasteiger partial charge in [-0.3, -0.25) is 0 Å². The summed E-state index contributed by atoms with van der Waals surface area (Å²) in [5.74, 6) is -1.33. The molecule has 0 unspecified atom stereocenters. The Kier molecular flexibility index (Phi) is 4.83. The Morgan fingerprint density at radius 3 is 2.88 bits per heavy atom. The molecule has 86 valence electrons. The molecule has 0 atom stereocenters. The number of hydrogen-bond donors (Lipinski definition) is 1. The summed E-state index contributed by atoms with van der Waals surface area (Å²) in [6.45, 7) is 1.86. The van der Waals surface area contributed by atoms with E-state index in [1.807, 2.05) is 6.92 Å². The van der Waals surface area contributed by atoms with Crippen LogP contribution in [0.2, 0.25) is 0 Å². The van der Waals surface area contributed by atoms with Crippen LogP contribution in [0.25, 0.3) is 0 Å². The molecule has 1 N–H and O–H groups in total. The Balaban J connectivity index is 2.83. The van der Waals surface area contributed by atoms with Gasteiger partial charge in [-0.1, -0.05) is 17.2 Å². The lowest BCUT2D eigenvalue weighted by molar-refractivity contribution is 0.0691. The smallest absolute Gasteiger partial charge is 0.338 e. The topological polar surface area (TPSA) is 37.3 Å². The third-order valence-corrected chi connectivity index (χ3v) is 3.38. The van der Waals surface area contributed by atoms with Crippen LogP contribution in [0.15, 0.2) is 34.2 Å². The number of thioether (sulfide) groups is 1. The summed E-state index contributed by atoms with van der Waals surface area (Å²) in [5, 5.41) is 8.73. The first-order chi connectivity index (χ1) is 7.54. The highest BCUT2D eigenvalue weighted by atomic mass is 35.5. The zero-order valence-electron chi connectivity index (χ0n) is 8.54. The lowest BCUT2D eigenvalue weighted by Gasteiger charge is -2.03. The Morgan fingerprint density at radius 1 is 1.62 bits per heavy atom. The van der Waals surface area contributed by atoms with Crippen molar-refractivity contribution < 1.29 is 14.3 Å². The van der Waals surface area contributed by atoms with Gasteiger partial charge >= 0.3 is 5.97 Å². The van der Waals surface area contributed by atoms with Crippen molar-refractivity contribution in [2.45, 2.75) is 11.8 Å². The van der Waals surface area contributed by atoms with Crippen molar-refractivity contribution in [1.82, 2.24) is 0 Å². The maximum absolute atomic E-state index is 13.1. The van der Waals surface area contributed by atoms with Gasteiger partial charge in [0, 0.05) is 16.2 Å². The Labute approximate surface area is 102 Å². The Hall–Kier alpha value is -1.00. The van der Waals surface area contributed by atoms with Crippen LogP contribution in [-0.2, 0) is 0 Å². The molecule has 0 bridgehead atoms. The minimum atomic E-state index is -1.26. The fourth-order valence-electron chi connectivity index (χ4n) is 0.987. The van der Waals surface area contributed by atoms with Crippen molar-refractivity contribution in [3.05, 3.63) is 40.7 Å². The van der Waals surface area contributed by atoms with Gasteiger partial charge < -0.3 is 5.11 Å². The summed E-state index contributed by atoms with van der Waals surface area (Å²) in [6.07, 6.45) is 0. The van der Waals surface area contributed by atoms with Crippen molar-refractivity contribution >= 4 is 29.3 Å². The van der Waals surface area contributed by atoms with Crippen molar-refractivity contribution in [2.24, 2.45) is 0 Å². The molecule has 5 heteroatoms. The summed E-state index contributed by atoms with van der Waals surface area (Å²) < 4.78 is 13.1. The van der Waals surface area contributed by atoms with Crippen LogP contribution >= 0.6 is 23.4 Å². The molecule has 0 radical (unpaired) electrons. The van der Waals surface area contributed by atoms with Gasteiger partial charge in [0.25, 0.3) is 0 Å². The fourth-order valence-corrected chi connectivity index (χ4v) is 2.00. The quantitative estimate of drug-likeness (QED) is 0.838. The van der Waals surface area contributed by atoms with E-state index in [1.165, 1.54) is 23.4 Å². The summed E-state index contributed by atoms with van der Waals surface area (Å²) >= 11 is 6.91. The summed E-state index contributed by atoms with van der Waals surface area (Å²) in [6, 6.07) is 4.03. The van der Waals surface area contributed by atoms with Crippen molar-refractivity contribution in [2.75, 3.05) is 5.75 Å². The van der Waals surface area contributed by atoms with Gasteiger partial charge in [-0.2, -0.15) is 0 Å². The molecule has 0 amide bonds. The molecule has 1 rings (SSSR count). The van der Waals surface area contributed by atoms with E-state index in [-0.39, 0.29) is 5.56 Å². The molecule has 0 aliphatic heterocycles. The highest BCUT2D eigenvalue weighted by Crippen LogP contribution is 2.23. The van der Waals surface area contributed by atoms with E-state index in [1.54, 1.807) is 6.07 Å². The minimum Gasteiger partial charge on any atom is -0.478 e. The van der Waals surface area contributed by atoms with Crippen LogP contribution in [0, 0.1) is 5.82 Å². The molecule has 16 heavy (non-hydrogen) atoms. The second-order valence-electron chi connectivity index (χ2n) is 3.19. The number of carboxylic acids is 1. The third-order valence-electron chi connectivity index (χ3n) is 1.82. The highest BCUT2D eigenvalue weighted by molar-refractivity contribution is 7.99. The van der Waals surface area contributed by atoms with E-state index >= 15 is 0 Å². The first-order valence-electron chi connectivity index (χ1n) is 4.46. The summed E-state index contributed by atoms with van der Waals surface area (Å²) in [7, 11) is 0. The van der Waals surface area contributed by atoms with Crippen LogP contribution < -0.4 is 0 Å². The van der Waals surface area contributed by atoms with Crippen LogP contribution in [0.5, 0.6) is 0 Å². The molecule has 0 saturated heterocycles. The van der Waals surface area contributed by atoms with Crippen molar-refractivity contribution in [1.29, 1.82) is 0 Å². The van der Waals surface area contributed by atoms with Gasteiger partial charge in [0.1, 0.15) is 5.82 Å². The van der Waals surface area contributed by atoms with Crippen LogP contribution in [0.1, 0.15) is 17.3 Å². The number of halogens is 2. The molecule has 0 aliphatic carbocycles. The molecule has 0 saturated carbocycles. The number of benzene rings is 1. The van der Waals surface area contributed by atoms with Gasteiger partial charge in [0.2, 0.25) is 0 Å². The fraction of sp³-hybridized carbons (Fsp3) is 0.182. The van der Waals surface area contributed by atoms with E-state index < -0.39 is 11.8 Å². The lowest BCUT2D eigenvalue weighted by Crippen LogP contribution is -2.00. The number of rotatable bonds is 4. The summed E-state index contributed by atoms with van der Waals surface area (Å²) in [4.78, 5) is 11.4. The monoisotopic (exact) mass is 260 g/mol. The predicted molar refractivity (Wildman–Crippen MR) is 63.7 cm³/mol. The van der Waals surface area contributed by atoms with Gasteiger partial charge in [0.15, 0.2) is 0 Å². The average Bonchev–Trinajstić information content (AvgIpc) is 2.27. The average molecular weight is 261 g/mol. The number of carboxylic acid groups (broad SMARTS) is 1. The van der Waals surface area contributed by atoms with E-state index in [0.29, 0.717) is 10.6 Å². The summed E-state index contributed by atoms with van der Waals surface area (Å²) in [5.41, 5.74) is 2.12. The SMILES string of the molecule is C/C(=C/Cl)CSc1ccc(F)c(C(=O)O)c1. The molecule has 0 heterocycles. The Morgan fingerprint density at radius 2 is 2.31 bits per heavy atom. The van der Waals surface area contributed by atoms with E-state index in [4.69, 9.17) is 16.7 Å². The number of aromatic carboxylic acids is 1. The largest absolute Gasteiger partial charge is 0.478 e. The van der Waals surface area contributed by atoms with Gasteiger partial charge in [-0.25, -0.2) is 9.18 Å². The van der Waals surface area contributed by atoms with Gasteiger partial charge in [-0.15, -0.1) is 11.8 Å².